The van der Waals surface area contributed by atoms with Crippen LogP contribution < -0.4 is 10.6 Å². The zero-order valence-electron chi connectivity index (χ0n) is 14.8. The summed E-state index contributed by atoms with van der Waals surface area (Å²) in [7, 11) is 0. The number of anilines is 2. The second kappa shape index (κ2) is 8.47. The molecule has 136 valence electrons. The van der Waals surface area contributed by atoms with Crippen LogP contribution in [0.5, 0.6) is 0 Å². The van der Waals surface area contributed by atoms with Crippen LogP contribution in [0.15, 0.2) is 66.9 Å². The van der Waals surface area contributed by atoms with E-state index in [0.717, 1.165) is 16.8 Å². The van der Waals surface area contributed by atoms with Crippen LogP contribution in [-0.4, -0.2) is 16.6 Å². The van der Waals surface area contributed by atoms with Crippen molar-refractivity contribution < 1.29 is 4.79 Å². The van der Waals surface area contributed by atoms with Gasteiger partial charge >= 0.3 is 0 Å². The molecule has 0 radical (unpaired) electrons. The third-order valence-electron chi connectivity index (χ3n) is 4.03. The number of pyridine rings is 1. The standard InChI is InChI=1S/C21H19ClN4O/c1-14(23)15-6-9-18(10-7-15)24-12-16-4-2-3-5-19(16)21(27)26-20-11-8-17(22)13-25-20/h2-11,13,23-24H,12H2,1H3,(H,25,26,27). The molecule has 0 aliphatic heterocycles. The number of aromatic nitrogens is 1. The highest BCUT2D eigenvalue weighted by Gasteiger charge is 2.11. The summed E-state index contributed by atoms with van der Waals surface area (Å²) in [6.07, 6.45) is 1.49. The highest BCUT2D eigenvalue weighted by molar-refractivity contribution is 6.30. The van der Waals surface area contributed by atoms with E-state index < -0.39 is 0 Å². The van der Waals surface area contributed by atoms with Crippen molar-refractivity contribution in [2.75, 3.05) is 10.6 Å². The summed E-state index contributed by atoms with van der Waals surface area (Å²) in [6.45, 7) is 2.26. The highest BCUT2D eigenvalue weighted by Crippen LogP contribution is 2.16. The minimum atomic E-state index is -0.225. The summed E-state index contributed by atoms with van der Waals surface area (Å²) < 4.78 is 0. The average Bonchev–Trinajstić information content (AvgIpc) is 2.68. The van der Waals surface area contributed by atoms with Crippen molar-refractivity contribution in [2.45, 2.75) is 13.5 Å². The van der Waals surface area contributed by atoms with Crippen molar-refractivity contribution in [3.63, 3.8) is 0 Å². The van der Waals surface area contributed by atoms with Crippen LogP contribution in [0.4, 0.5) is 11.5 Å². The molecule has 6 heteroatoms. The molecule has 0 saturated carbocycles. The Hall–Kier alpha value is -3.18. The van der Waals surface area contributed by atoms with Gasteiger partial charge in [-0.2, -0.15) is 0 Å². The van der Waals surface area contributed by atoms with Crippen molar-refractivity contribution in [3.05, 3.63) is 88.6 Å². The number of amides is 1. The monoisotopic (exact) mass is 378 g/mol. The quantitative estimate of drug-likeness (QED) is 0.529. The maximum atomic E-state index is 12.6. The Balaban J connectivity index is 1.70. The van der Waals surface area contributed by atoms with Gasteiger partial charge in [0.15, 0.2) is 0 Å². The number of halogens is 1. The number of hydrogen-bond acceptors (Lipinski definition) is 4. The molecular weight excluding hydrogens is 360 g/mol. The lowest BCUT2D eigenvalue weighted by Crippen LogP contribution is -2.16. The summed E-state index contributed by atoms with van der Waals surface area (Å²) in [5.41, 5.74) is 3.79. The number of rotatable bonds is 6. The Labute approximate surface area is 162 Å². The van der Waals surface area contributed by atoms with Crippen molar-refractivity contribution in [1.29, 1.82) is 5.41 Å². The van der Waals surface area contributed by atoms with E-state index in [1.807, 2.05) is 42.5 Å². The van der Waals surface area contributed by atoms with E-state index in [0.29, 0.717) is 28.7 Å². The van der Waals surface area contributed by atoms with Gasteiger partial charge in [0, 0.05) is 29.7 Å². The molecule has 0 bridgehead atoms. The van der Waals surface area contributed by atoms with Gasteiger partial charge in [-0.1, -0.05) is 41.9 Å². The van der Waals surface area contributed by atoms with Crippen molar-refractivity contribution in [3.8, 4) is 0 Å². The van der Waals surface area contributed by atoms with Crippen molar-refractivity contribution >= 4 is 34.7 Å². The van der Waals surface area contributed by atoms with Gasteiger partial charge in [0.05, 0.1) is 5.02 Å². The molecule has 27 heavy (non-hydrogen) atoms. The molecule has 3 N–H and O–H groups in total. The number of nitrogens with one attached hydrogen (secondary N) is 3. The van der Waals surface area contributed by atoms with Gasteiger partial charge in [-0.05, 0) is 48.4 Å². The Morgan fingerprint density at radius 2 is 1.81 bits per heavy atom. The lowest BCUT2D eigenvalue weighted by atomic mass is 10.1. The molecule has 0 atom stereocenters. The van der Waals surface area contributed by atoms with Crippen molar-refractivity contribution in [2.24, 2.45) is 0 Å². The molecule has 1 amide bonds. The zero-order valence-corrected chi connectivity index (χ0v) is 15.5. The molecule has 1 heterocycles. The van der Waals surface area contributed by atoms with Crippen LogP contribution in [-0.2, 0) is 6.54 Å². The minimum absolute atomic E-state index is 0.225. The van der Waals surface area contributed by atoms with Gasteiger partial charge in [0.1, 0.15) is 5.82 Å². The normalized spacial score (nSPS) is 10.3. The third-order valence-corrected chi connectivity index (χ3v) is 4.26. The minimum Gasteiger partial charge on any atom is -0.381 e. The summed E-state index contributed by atoms with van der Waals surface area (Å²) in [4.78, 5) is 16.7. The summed E-state index contributed by atoms with van der Waals surface area (Å²) in [6, 6.07) is 18.4. The molecule has 0 fully saturated rings. The average molecular weight is 379 g/mol. The van der Waals surface area contributed by atoms with E-state index in [-0.39, 0.29) is 5.91 Å². The van der Waals surface area contributed by atoms with E-state index in [1.165, 1.54) is 6.20 Å². The van der Waals surface area contributed by atoms with Crippen LogP contribution >= 0.6 is 11.6 Å². The second-order valence-corrected chi connectivity index (χ2v) is 6.47. The molecule has 0 spiro atoms. The Morgan fingerprint density at radius 1 is 1.07 bits per heavy atom. The predicted octanol–water partition coefficient (Wildman–Crippen LogP) is 4.99. The van der Waals surface area contributed by atoms with Crippen LogP contribution in [0.25, 0.3) is 0 Å². The topological polar surface area (TPSA) is 77.9 Å². The van der Waals surface area contributed by atoms with Crippen LogP contribution in [0.1, 0.15) is 28.4 Å². The first-order valence-electron chi connectivity index (χ1n) is 8.43. The third kappa shape index (κ3) is 4.92. The molecule has 3 rings (SSSR count). The second-order valence-electron chi connectivity index (χ2n) is 6.03. The molecule has 0 aliphatic rings. The lowest BCUT2D eigenvalue weighted by Gasteiger charge is -2.12. The smallest absolute Gasteiger partial charge is 0.257 e. The number of carbonyl (C=O) groups is 1. The molecule has 0 aliphatic carbocycles. The van der Waals surface area contributed by atoms with Crippen LogP contribution in [0.3, 0.4) is 0 Å². The van der Waals surface area contributed by atoms with Gasteiger partial charge in [-0.25, -0.2) is 4.98 Å². The molecule has 2 aromatic carbocycles. The first-order chi connectivity index (χ1) is 13.0. The van der Waals surface area contributed by atoms with Crippen LogP contribution in [0.2, 0.25) is 5.02 Å². The number of benzene rings is 2. The fourth-order valence-electron chi connectivity index (χ4n) is 2.56. The molecule has 0 unspecified atom stereocenters. The largest absolute Gasteiger partial charge is 0.381 e. The molecule has 5 nitrogen and oxygen atoms in total. The molecule has 3 aromatic rings. The van der Waals surface area contributed by atoms with Gasteiger partial charge in [0.25, 0.3) is 5.91 Å². The number of carbonyl (C=O) groups excluding carboxylic acids is 1. The van der Waals surface area contributed by atoms with E-state index >= 15 is 0 Å². The SMILES string of the molecule is CC(=N)c1ccc(NCc2ccccc2C(=O)Nc2ccc(Cl)cn2)cc1. The Bertz CT molecular complexity index is 953. The highest BCUT2D eigenvalue weighted by atomic mass is 35.5. The zero-order chi connectivity index (χ0) is 19.2. The van der Waals surface area contributed by atoms with E-state index in [2.05, 4.69) is 15.6 Å². The maximum absolute atomic E-state index is 12.6. The fourth-order valence-corrected chi connectivity index (χ4v) is 2.68. The first-order valence-corrected chi connectivity index (χ1v) is 8.81. The van der Waals surface area contributed by atoms with Crippen molar-refractivity contribution in [1.82, 2.24) is 4.98 Å². The predicted molar refractivity (Wildman–Crippen MR) is 110 cm³/mol. The van der Waals surface area contributed by atoms with Gasteiger partial charge in [-0.15, -0.1) is 0 Å². The van der Waals surface area contributed by atoms with E-state index in [4.69, 9.17) is 17.0 Å². The summed E-state index contributed by atoms with van der Waals surface area (Å²) >= 11 is 5.82. The summed E-state index contributed by atoms with van der Waals surface area (Å²) in [5.74, 6) is 0.224. The van der Waals surface area contributed by atoms with Gasteiger partial charge < -0.3 is 16.0 Å². The molecular formula is C21H19ClN4O. The van der Waals surface area contributed by atoms with E-state index in [9.17, 15) is 4.79 Å². The number of nitrogens with zero attached hydrogens (tertiary/aromatic N) is 1. The van der Waals surface area contributed by atoms with Gasteiger partial charge in [-0.3, -0.25) is 4.79 Å². The van der Waals surface area contributed by atoms with Crippen LogP contribution in [0, 0.1) is 5.41 Å². The lowest BCUT2D eigenvalue weighted by molar-refractivity contribution is 0.102. The van der Waals surface area contributed by atoms with E-state index in [1.54, 1.807) is 25.1 Å². The first kappa shape index (κ1) is 18.6. The Kier molecular flexibility index (Phi) is 5.84. The fraction of sp³-hybridized carbons (Fsp3) is 0.0952. The number of hydrogen-bond donors (Lipinski definition) is 3. The summed E-state index contributed by atoms with van der Waals surface area (Å²) in [5, 5.41) is 14.3. The van der Waals surface area contributed by atoms with Gasteiger partial charge in [0.2, 0.25) is 0 Å². The molecule has 1 aromatic heterocycles. The molecule has 0 saturated heterocycles. The maximum Gasteiger partial charge on any atom is 0.257 e. The Morgan fingerprint density at radius 3 is 2.48 bits per heavy atom.